The molecule has 0 aromatic heterocycles. The van der Waals surface area contributed by atoms with Gasteiger partial charge in [0, 0.05) is 23.5 Å². The number of aryl methyl sites for hydroxylation is 2. The first-order valence-electron chi connectivity index (χ1n) is 9.81. The van der Waals surface area contributed by atoms with Crippen LogP contribution in [0.2, 0.25) is 0 Å². The van der Waals surface area contributed by atoms with Crippen molar-refractivity contribution >= 4 is 29.2 Å². The Morgan fingerprint density at radius 2 is 1.84 bits per heavy atom. The van der Waals surface area contributed by atoms with Gasteiger partial charge in [0.15, 0.2) is 0 Å². The van der Waals surface area contributed by atoms with Crippen molar-refractivity contribution in [1.82, 2.24) is 4.90 Å². The number of nitrogens with zero attached hydrogens (tertiary/aromatic N) is 1. The Hall–Kier alpha value is -3.65. The molecule has 3 rings (SSSR count). The Bertz CT molecular complexity index is 1040. The Morgan fingerprint density at radius 1 is 1.13 bits per heavy atom. The number of nitrogens with one attached hydrogen (secondary N) is 2. The number of carbonyl (C=O) groups is 3. The molecule has 31 heavy (non-hydrogen) atoms. The molecular formula is C23H25N3O5. The Morgan fingerprint density at radius 3 is 2.48 bits per heavy atom. The molecule has 2 aromatic rings. The predicted molar refractivity (Wildman–Crippen MR) is 117 cm³/mol. The largest absolute Gasteiger partial charge is 0.466 e. The van der Waals surface area contributed by atoms with Crippen molar-refractivity contribution in [3.8, 4) is 0 Å². The zero-order valence-corrected chi connectivity index (χ0v) is 17.7. The standard InChI is InChI=1S/C23H25N3O5/c1-14-4-7-16(8-5-14)21(28)25-19-12-17(9-6-15(19)2)24-20-18(23(30)31-3)13-26(10-11-27)22(20)29/h4-9,12,24,27H,10-11,13H2,1-3H3,(H,25,28). The lowest BCUT2D eigenvalue weighted by Crippen LogP contribution is -2.31. The molecule has 0 fully saturated rings. The smallest absolute Gasteiger partial charge is 0.337 e. The highest BCUT2D eigenvalue weighted by molar-refractivity contribution is 6.09. The highest BCUT2D eigenvalue weighted by Gasteiger charge is 2.34. The van der Waals surface area contributed by atoms with Crippen LogP contribution in [0, 0.1) is 13.8 Å². The molecule has 1 aliphatic rings. The van der Waals surface area contributed by atoms with E-state index >= 15 is 0 Å². The van der Waals surface area contributed by atoms with Crippen LogP contribution in [0.1, 0.15) is 21.5 Å². The third-order valence-electron chi connectivity index (χ3n) is 5.02. The summed E-state index contributed by atoms with van der Waals surface area (Å²) in [5.74, 6) is -1.27. The number of aliphatic hydroxyl groups excluding tert-OH is 1. The monoisotopic (exact) mass is 423 g/mol. The summed E-state index contributed by atoms with van der Waals surface area (Å²) in [7, 11) is 1.25. The van der Waals surface area contributed by atoms with E-state index in [-0.39, 0.29) is 36.9 Å². The van der Waals surface area contributed by atoms with E-state index in [2.05, 4.69) is 10.6 Å². The summed E-state index contributed by atoms with van der Waals surface area (Å²) in [5, 5.41) is 15.0. The van der Waals surface area contributed by atoms with Gasteiger partial charge in [0.1, 0.15) is 5.70 Å². The number of benzene rings is 2. The number of β-amino-alcohol motifs (C(OH)–C–C–N with tert-alkyl or cyclic N) is 1. The maximum atomic E-state index is 12.7. The van der Waals surface area contributed by atoms with Crippen molar-refractivity contribution in [1.29, 1.82) is 0 Å². The van der Waals surface area contributed by atoms with Crippen molar-refractivity contribution in [3.63, 3.8) is 0 Å². The minimum absolute atomic E-state index is 0.0529. The summed E-state index contributed by atoms with van der Waals surface area (Å²) in [6, 6.07) is 12.5. The van der Waals surface area contributed by atoms with E-state index < -0.39 is 11.9 Å². The zero-order chi connectivity index (χ0) is 22.5. The van der Waals surface area contributed by atoms with E-state index in [9.17, 15) is 19.5 Å². The molecule has 0 unspecified atom stereocenters. The van der Waals surface area contributed by atoms with Crippen molar-refractivity contribution < 1.29 is 24.2 Å². The number of rotatable bonds is 7. The lowest BCUT2D eigenvalue weighted by atomic mass is 10.1. The maximum absolute atomic E-state index is 12.7. The highest BCUT2D eigenvalue weighted by Crippen LogP contribution is 2.26. The molecule has 3 N–H and O–H groups in total. The Balaban J connectivity index is 1.84. The van der Waals surface area contributed by atoms with Crippen molar-refractivity contribution in [3.05, 3.63) is 70.4 Å². The fourth-order valence-corrected chi connectivity index (χ4v) is 3.23. The number of ether oxygens (including phenoxy) is 1. The van der Waals surface area contributed by atoms with Crippen LogP contribution in [-0.4, -0.2) is 54.6 Å². The normalized spacial score (nSPS) is 13.4. The summed E-state index contributed by atoms with van der Waals surface area (Å²) in [5.41, 5.74) is 3.82. The van der Waals surface area contributed by atoms with E-state index in [1.807, 2.05) is 26.0 Å². The van der Waals surface area contributed by atoms with Crippen LogP contribution in [0.25, 0.3) is 0 Å². The molecule has 2 aromatic carbocycles. The molecule has 0 bridgehead atoms. The molecule has 1 aliphatic heterocycles. The van der Waals surface area contributed by atoms with Gasteiger partial charge in [-0.1, -0.05) is 23.8 Å². The molecule has 0 spiro atoms. The minimum Gasteiger partial charge on any atom is -0.466 e. The number of amides is 2. The van der Waals surface area contributed by atoms with Gasteiger partial charge in [0.25, 0.3) is 11.8 Å². The van der Waals surface area contributed by atoms with Crippen molar-refractivity contribution in [2.24, 2.45) is 0 Å². The predicted octanol–water partition coefficient (Wildman–Crippen LogP) is 2.23. The molecule has 2 amide bonds. The summed E-state index contributed by atoms with van der Waals surface area (Å²) in [4.78, 5) is 38.8. The lowest BCUT2D eigenvalue weighted by molar-refractivity contribution is -0.136. The van der Waals surface area contributed by atoms with Gasteiger partial charge in [-0.15, -0.1) is 0 Å². The number of aliphatic hydroxyl groups is 1. The molecule has 8 nitrogen and oxygen atoms in total. The average molecular weight is 423 g/mol. The molecule has 0 atom stereocenters. The van der Waals surface area contributed by atoms with Crippen molar-refractivity contribution in [2.75, 3.05) is 37.4 Å². The third-order valence-corrected chi connectivity index (χ3v) is 5.02. The number of methoxy groups -OCH3 is 1. The van der Waals surface area contributed by atoms with Crippen LogP contribution in [0.15, 0.2) is 53.7 Å². The lowest BCUT2D eigenvalue weighted by Gasteiger charge is -2.16. The first-order chi connectivity index (χ1) is 14.8. The molecule has 1 heterocycles. The first kappa shape index (κ1) is 22.0. The van der Waals surface area contributed by atoms with E-state index in [1.165, 1.54) is 12.0 Å². The molecule has 0 saturated heterocycles. The highest BCUT2D eigenvalue weighted by atomic mass is 16.5. The van der Waals surface area contributed by atoms with E-state index in [0.717, 1.165) is 11.1 Å². The van der Waals surface area contributed by atoms with Crippen LogP contribution in [-0.2, 0) is 14.3 Å². The second-order valence-corrected chi connectivity index (χ2v) is 7.27. The fourth-order valence-electron chi connectivity index (χ4n) is 3.23. The quantitative estimate of drug-likeness (QED) is 0.590. The number of esters is 1. The van der Waals surface area contributed by atoms with Crippen molar-refractivity contribution in [2.45, 2.75) is 13.8 Å². The Labute approximate surface area is 180 Å². The SMILES string of the molecule is COC(=O)C1=C(Nc2ccc(C)c(NC(=O)c3ccc(C)cc3)c2)C(=O)N(CCO)C1. The second-order valence-electron chi connectivity index (χ2n) is 7.27. The maximum Gasteiger partial charge on any atom is 0.337 e. The molecule has 162 valence electrons. The van der Waals surface area contributed by atoms with Crippen LogP contribution in [0.4, 0.5) is 11.4 Å². The average Bonchev–Trinajstić information content (AvgIpc) is 3.06. The molecule has 0 radical (unpaired) electrons. The van der Waals surface area contributed by atoms with Gasteiger partial charge in [-0.3, -0.25) is 9.59 Å². The summed E-state index contributed by atoms with van der Waals surface area (Å²) in [6.07, 6.45) is 0. The third kappa shape index (κ3) is 4.92. The van der Waals surface area contributed by atoms with Crippen LogP contribution < -0.4 is 10.6 Å². The summed E-state index contributed by atoms with van der Waals surface area (Å²) in [6.45, 7) is 3.75. The number of carbonyl (C=O) groups excluding carboxylic acids is 3. The van der Waals surface area contributed by atoms with Gasteiger partial charge in [0.2, 0.25) is 0 Å². The molecule has 0 aliphatic carbocycles. The molecule has 0 saturated carbocycles. The zero-order valence-electron chi connectivity index (χ0n) is 17.7. The topological polar surface area (TPSA) is 108 Å². The van der Waals surface area contributed by atoms with E-state index in [1.54, 1.807) is 30.3 Å². The van der Waals surface area contributed by atoms with Gasteiger partial charge in [0.05, 0.1) is 25.8 Å². The van der Waals surface area contributed by atoms with Gasteiger partial charge in [-0.25, -0.2) is 4.79 Å². The second kappa shape index (κ2) is 9.44. The van der Waals surface area contributed by atoms with Gasteiger partial charge < -0.3 is 25.4 Å². The van der Waals surface area contributed by atoms with Crippen LogP contribution in [0.5, 0.6) is 0 Å². The van der Waals surface area contributed by atoms with Gasteiger partial charge in [-0.2, -0.15) is 0 Å². The van der Waals surface area contributed by atoms with Crippen LogP contribution in [0.3, 0.4) is 0 Å². The van der Waals surface area contributed by atoms with Gasteiger partial charge in [-0.05, 0) is 43.7 Å². The summed E-state index contributed by atoms with van der Waals surface area (Å²) >= 11 is 0. The number of hydrogen-bond acceptors (Lipinski definition) is 6. The first-order valence-corrected chi connectivity index (χ1v) is 9.81. The number of hydrogen-bond donors (Lipinski definition) is 3. The summed E-state index contributed by atoms with van der Waals surface area (Å²) < 4.78 is 4.79. The van der Waals surface area contributed by atoms with E-state index in [4.69, 9.17) is 4.74 Å². The number of anilines is 2. The molecular weight excluding hydrogens is 398 g/mol. The van der Waals surface area contributed by atoms with E-state index in [0.29, 0.717) is 16.9 Å². The molecule has 8 heteroatoms. The minimum atomic E-state index is -0.615. The van der Waals surface area contributed by atoms with Crippen LogP contribution >= 0.6 is 0 Å². The van der Waals surface area contributed by atoms with Gasteiger partial charge >= 0.3 is 5.97 Å². The fraction of sp³-hybridized carbons (Fsp3) is 0.261. The Kier molecular flexibility index (Phi) is 6.71.